The van der Waals surface area contributed by atoms with Crippen LogP contribution < -0.4 is 0 Å². The first-order valence-electron chi connectivity index (χ1n) is 1.75. The molecule has 0 saturated carbocycles. The van der Waals surface area contributed by atoms with Gasteiger partial charge in [0, 0.05) is 0 Å². The Morgan fingerprint density at radius 2 is 2.43 bits per heavy atom. The molecule has 0 spiro atoms. The molecule has 0 aromatic rings. The molecule has 4 heteroatoms. The van der Waals surface area contributed by atoms with Crippen LogP contribution in [0.4, 0.5) is 8.78 Å². The van der Waals surface area contributed by atoms with Gasteiger partial charge in [-0.3, -0.25) is 4.74 Å². The molecule has 1 radical (unpaired) electrons. The lowest BCUT2D eigenvalue weighted by atomic mass is 10.8. The van der Waals surface area contributed by atoms with Crippen molar-refractivity contribution in [3.05, 3.63) is 6.54 Å². The zero-order valence-electron chi connectivity index (χ0n) is 3.36. The highest BCUT2D eigenvalue weighted by Gasteiger charge is 2.26. The van der Waals surface area contributed by atoms with Crippen LogP contribution in [0.15, 0.2) is 0 Å². The van der Waals surface area contributed by atoms with Crippen LogP contribution >= 0.6 is 0 Å². The van der Waals surface area contributed by atoms with E-state index in [0.29, 0.717) is 0 Å². The van der Waals surface area contributed by atoms with Crippen LogP contribution in [-0.4, -0.2) is 13.0 Å². The van der Waals surface area contributed by atoms with Gasteiger partial charge in [0.15, 0.2) is 0 Å². The third-order valence-electron chi connectivity index (χ3n) is 0.548. The van der Waals surface area contributed by atoms with Crippen molar-refractivity contribution >= 4 is 0 Å². The number of hydrogen-bond acceptors (Lipinski definition) is 2. The van der Waals surface area contributed by atoms with Gasteiger partial charge in [0.1, 0.15) is 6.61 Å². The van der Waals surface area contributed by atoms with Crippen LogP contribution in [0.2, 0.25) is 0 Å². The summed E-state index contributed by atoms with van der Waals surface area (Å²) in [5.41, 5.74) is 0. The van der Waals surface area contributed by atoms with Gasteiger partial charge in [0.2, 0.25) is 6.36 Å². The molecule has 2 nitrogen and oxygen atoms in total. The molecule has 1 aliphatic rings. The van der Waals surface area contributed by atoms with Gasteiger partial charge in [0.05, 0.1) is 0 Å². The molecule has 1 aliphatic heterocycles. The lowest BCUT2D eigenvalue weighted by Gasteiger charge is -1.88. The predicted octanol–water partition coefficient (Wildman–Crippen LogP) is 0.745. The number of rotatable bonds is 0. The summed E-state index contributed by atoms with van der Waals surface area (Å²) in [6.07, 6.45) is -1.61. The molecule has 0 amide bonds. The van der Waals surface area contributed by atoms with E-state index in [1.165, 1.54) is 0 Å². The summed E-state index contributed by atoms with van der Waals surface area (Å²) in [4.78, 5) is 0. The average molecular weight is 109 g/mol. The molecule has 1 heterocycles. The maximum absolute atomic E-state index is 11.6. The fraction of sp³-hybridized carbons (Fsp3) is 0.667. The van der Waals surface area contributed by atoms with Gasteiger partial charge in [-0.15, -0.1) is 0 Å². The Morgan fingerprint density at radius 3 is 2.57 bits per heavy atom. The van der Waals surface area contributed by atoms with Crippen molar-refractivity contribution in [3.8, 4) is 0 Å². The van der Waals surface area contributed by atoms with Crippen LogP contribution in [0.3, 0.4) is 0 Å². The maximum Gasteiger partial charge on any atom is 0.412 e. The Hall–Kier alpha value is -0.220. The topological polar surface area (TPSA) is 18.5 Å². The first-order valence-corrected chi connectivity index (χ1v) is 1.75. The predicted molar refractivity (Wildman–Crippen MR) is 16.3 cm³/mol. The zero-order chi connectivity index (χ0) is 5.28. The normalized spacial score (nSPS) is 34.3. The van der Waals surface area contributed by atoms with Gasteiger partial charge in [-0.2, -0.15) is 4.39 Å². The van der Waals surface area contributed by atoms with E-state index in [-0.39, 0.29) is 6.61 Å². The highest BCUT2D eigenvalue weighted by molar-refractivity contribution is 4.56. The van der Waals surface area contributed by atoms with E-state index in [9.17, 15) is 8.78 Å². The molecular formula is C3H3F2O2. The Bertz CT molecular complexity index is 60.0. The maximum atomic E-state index is 11.6. The van der Waals surface area contributed by atoms with Crippen molar-refractivity contribution in [3.63, 3.8) is 0 Å². The van der Waals surface area contributed by atoms with Crippen LogP contribution in [0, 0.1) is 6.54 Å². The highest BCUT2D eigenvalue weighted by atomic mass is 19.2. The minimum absolute atomic E-state index is 0.328. The smallest absolute Gasteiger partial charge is 0.311 e. The standard InChI is InChI=1S/C3H3F2O2/c4-2-1-6-3(5)7-2/h2H,1H2. The molecule has 41 valence electrons. The van der Waals surface area contributed by atoms with Crippen LogP contribution in [0.5, 0.6) is 0 Å². The highest BCUT2D eigenvalue weighted by Crippen LogP contribution is 2.18. The van der Waals surface area contributed by atoms with E-state index >= 15 is 0 Å². The van der Waals surface area contributed by atoms with Gasteiger partial charge in [-0.25, -0.2) is 4.39 Å². The first-order chi connectivity index (χ1) is 3.29. The molecule has 1 rings (SSSR count). The minimum atomic E-state index is -1.61. The summed E-state index contributed by atoms with van der Waals surface area (Å²) in [5, 5.41) is 0. The van der Waals surface area contributed by atoms with Crippen molar-refractivity contribution < 1.29 is 18.3 Å². The molecule has 1 unspecified atom stereocenters. The van der Waals surface area contributed by atoms with Crippen molar-refractivity contribution in [1.29, 1.82) is 0 Å². The summed E-state index contributed by atoms with van der Waals surface area (Å²) in [6.45, 7) is -1.50. The SMILES string of the molecule is F[C]1OCC(F)O1. The van der Waals surface area contributed by atoms with E-state index in [4.69, 9.17) is 0 Å². The third-order valence-corrected chi connectivity index (χ3v) is 0.548. The summed E-state index contributed by atoms with van der Waals surface area (Å²) in [7, 11) is 0. The molecule has 0 bridgehead atoms. The molecule has 0 N–H and O–H groups in total. The lowest BCUT2D eigenvalue weighted by Crippen LogP contribution is -1.98. The van der Waals surface area contributed by atoms with Gasteiger partial charge in [-0.05, 0) is 0 Å². The average Bonchev–Trinajstić information content (AvgIpc) is 1.87. The molecule has 0 aromatic carbocycles. The second kappa shape index (κ2) is 1.71. The molecule has 1 atom stereocenters. The number of alkyl halides is 1. The van der Waals surface area contributed by atoms with Gasteiger partial charge in [-0.1, -0.05) is 0 Å². The zero-order valence-corrected chi connectivity index (χ0v) is 3.36. The second-order valence-electron chi connectivity index (χ2n) is 1.08. The number of ether oxygens (including phenoxy) is 2. The summed E-state index contributed by atoms with van der Waals surface area (Å²) >= 11 is 0. The van der Waals surface area contributed by atoms with E-state index in [1.807, 2.05) is 0 Å². The monoisotopic (exact) mass is 109 g/mol. The Labute approximate surface area is 39.0 Å². The minimum Gasteiger partial charge on any atom is -0.311 e. The lowest BCUT2D eigenvalue weighted by molar-refractivity contribution is -0.0621. The van der Waals surface area contributed by atoms with Crippen molar-refractivity contribution in [2.24, 2.45) is 0 Å². The Balaban J connectivity index is 2.26. The van der Waals surface area contributed by atoms with Gasteiger partial charge < -0.3 is 4.74 Å². The number of hydrogen-bond donors (Lipinski definition) is 0. The van der Waals surface area contributed by atoms with E-state index < -0.39 is 12.9 Å². The van der Waals surface area contributed by atoms with Crippen molar-refractivity contribution in [2.75, 3.05) is 6.61 Å². The third kappa shape index (κ3) is 1.07. The largest absolute Gasteiger partial charge is 0.412 e. The van der Waals surface area contributed by atoms with Crippen LogP contribution in [0.1, 0.15) is 0 Å². The molecule has 0 aromatic heterocycles. The van der Waals surface area contributed by atoms with Crippen molar-refractivity contribution in [2.45, 2.75) is 6.36 Å². The molecule has 7 heavy (non-hydrogen) atoms. The Kier molecular flexibility index (Phi) is 1.21. The van der Waals surface area contributed by atoms with E-state index in [0.717, 1.165) is 0 Å². The Morgan fingerprint density at radius 1 is 1.71 bits per heavy atom. The summed E-state index contributed by atoms with van der Waals surface area (Å²) < 4.78 is 30.6. The first kappa shape index (κ1) is 4.93. The number of halogens is 2. The summed E-state index contributed by atoms with van der Waals surface area (Å²) in [6, 6.07) is 0. The molecule has 1 fully saturated rings. The fourth-order valence-corrected chi connectivity index (χ4v) is 0.300. The molecule has 1 saturated heterocycles. The summed E-state index contributed by atoms with van der Waals surface area (Å²) in [5.74, 6) is 0. The van der Waals surface area contributed by atoms with E-state index in [1.54, 1.807) is 0 Å². The van der Waals surface area contributed by atoms with Crippen LogP contribution in [0.25, 0.3) is 0 Å². The second-order valence-corrected chi connectivity index (χ2v) is 1.08. The molecule has 0 aliphatic carbocycles. The van der Waals surface area contributed by atoms with Crippen LogP contribution in [-0.2, 0) is 9.47 Å². The van der Waals surface area contributed by atoms with Crippen molar-refractivity contribution in [1.82, 2.24) is 0 Å². The van der Waals surface area contributed by atoms with Gasteiger partial charge in [0.25, 0.3) is 0 Å². The molecular weight excluding hydrogens is 106 g/mol. The van der Waals surface area contributed by atoms with Gasteiger partial charge >= 0.3 is 6.54 Å². The quantitative estimate of drug-likeness (QED) is 0.456. The fourth-order valence-electron chi connectivity index (χ4n) is 0.300. The van der Waals surface area contributed by atoms with E-state index in [2.05, 4.69) is 9.47 Å².